The standard InChI is InChI=1S/C28H29ClN6O3/c1-18(36)30-13-14-31-26-23-17-24(32-27(23)34-25(33-26)19-5-3-2-4-6-19)28(37)35-15-11-22(12-16-35)38-21-9-7-20(29)8-10-21/h2-10,17,22H,11-16H2,1H3,(H,30,36)(H2,31,32,33,34). The zero-order chi connectivity index (χ0) is 26.5. The van der Waals surface area contributed by atoms with Crippen LogP contribution >= 0.6 is 11.6 Å². The van der Waals surface area contributed by atoms with Gasteiger partial charge < -0.3 is 25.3 Å². The number of hydrogen-bond donors (Lipinski definition) is 3. The first-order valence-corrected chi connectivity index (χ1v) is 13.0. The maximum atomic E-state index is 13.4. The predicted octanol–water partition coefficient (Wildman–Crippen LogP) is 4.51. The zero-order valence-corrected chi connectivity index (χ0v) is 21.8. The molecule has 4 aromatic rings. The molecule has 1 aliphatic rings. The van der Waals surface area contributed by atoms with Crippen molar-refractivity contribution in [2.75, 3.05) is 31.5 Å². The van der Waals surface area contributed by atoms with Crippen LogP contribution in [0.5, 0.6) is 5.75 Å². The number of amides is 2. The summed E-state index contributed by atoms with van der Waals surface area (Å²) in [6.07, 6.45) is 1.52. The van der Waals surface area contributed by atoms with Crippen LogP contribution in [0.2, 0.25) is 5.02 Å². The molecule has 10 heteroatoms. The Kier molecular flexibility index (Phi) is 7.74. The fourth-order valence-electron chi connectivity index (χ4n) is 4.45. The number of nitrogens with zero attached hydrogens (tertiary/aromatic N) is 3. The van der Waals surface area contributed by atoms with E-state index in [2.05, 4.69) is 15.6 Å². The second-order valence-electron chi connectivity index (χ2n) is 9.18. The van der Waals surface area contributed by atoms with Gasteiger partial charge in [0.1, 0.15) is 29.0 Å². The monoisotopic (exact) mass is 532 g/mol. The molecule has 196 valence electrons. The van der Waals surface area contributed by atoms with Gasteiger partial charge in [-0.3, -0.25) is 9.59 Å². The van der Waals surface area contributed by atoms with Gasteiger partial charge in [0, 0.05) is 56.5 Å². The lowest BCUT2D eigenvalue weighted by Gasteiger charge is -2.32. The van der Waals surface area contributed by atoms with Crippen molar-refractivity contribution < 1.29 is 14.3 Å². The smallest absolute Gasteiger partial charge is 0.270 e. The van der Waals surface area contributed by atoms with Crippen molar-refractivity contribution in [1.29, 1.82) is 0 Å². The highest BCUT2D eigenvalue weighted by molar-refractivity contribution is 6.30. The summed E-state index contributed by atoms with van der Waals surface area (Å²) < 4.78 is 6.07. The molecule has 0 spiro atoms. The summed E-state index contributed by atoms with van der Waals surface area (Å²) in [4.78, 5) is 39.1. The third kappa shape index (κ3) is 6.06. The van der Waals surface area contributed by atoms with E-state index in [4.69, 9.17) is 26.3 Å². The molecule has 1 saturated heterocycles. The molecular weight excluding hydrogens is 504 g/mol. The minimum absolute atomic E-state index is 0.0432. The number of nitrogens with one attached hydrogen (secondary N) is 3. The Bertz CT molecular complexity index is 1420. The fourth-order valence-corrected chi connectivity index (χ4v) is 4.57. The van der Waals surface area contributed by atoms with Crippen molar-refractivity contribution in [3.8, 4) is 17.1 Å². The van der Waals surface area contributed by atoms with Gasteiger partial charge in [-0.05, 0) is 30.3 Å². The molecule has 38 heavy (non-hydrogen) atoms. The Morgan fingerprint density at radius 2 is 1.79 bits per heavy atom. The number of H-pyrrole nitrogens is 1. The Hall–Kier alpha value is -4.11. The van der Waals surface area contributed by atoms with E-state index < -0.39 is 0 Å². The maximum Gasteiger partial charge on any atom is 0.270 e. The van der Waals surface area contributed by atoms with E-state index in [0.29, 0.717) is 54.2 Å². The Morgan fingerprint density at radius 1 is 1.05 bits per heavy atom. The van der Waals surface area contributed by atoms with Crippen molar-refractivity contribution in [2.24, 2.45) is 0 Å². The van der Waals surface area contributed by atoms with Crippen LogP contribution in [0.1, 0.15) is 30.3 Å². The number of carbonyl (C=O) groups is 2. The van der Waals surface area contributed by atoms with Crippen LogP contribution in [0.4, 0.5) is 5.82 Å². The molecule has 2 aromatic heterocycles. The highest BCUT2D eigenvalue weighted by atomic mass is 35.5. The topological polar surface area (TPSA) is 112 Å². The molecular formula is C28H29ClN6O3. The molecule has 0 aliphatic carbocycles. The summed E-state index contributed by atoms with van der Waals surface area (Å²) in [6.45, 7) is 3.60. The van der Waals surface area contributed by atoms with Gasteiger partial charge in [0.15, 0.2) is 5.82 Å². The number of aromatic nitrogens is 3. The second-order valence-corrected chi connectivity index (χ2v) is 9.62. The normalized spacial score (nSPS) is 13.9. The number of likely N-dealkylation sites (tertiary alicyclic amines) is 1. The fraction of sp³-hybridized carbons (Fsp3) is 0.286. The zero-order valence-electron chi connectivity index (χ0n) is 21.0. The molecule has 0 bridgehead atoms. The third-order valence-electron chi connectivity index (χ3n) is 6.39. The largest absolute Gasteiger partial charge is 0.490 e. The molecule has 2 amide bonds. The van der Waals surface area contributed by atoms with Crippen molar-refractivity contribution in [2.45, 2.75) is 25.9 Å². The number of carbonyl (C=O) groups excluding carboxylic acids is 2. The van der Waals surface area contributed by atoms with Gasteiger partial charge in [0.25, 0.3) is 5.91 Å². The van der Waals surface area contributed by atoms with E-state index in [1.54, 1.807) is 18.2 Å². The summed E-state index contributed by atoms with van der Waals surface area (Å²) in [6, 6.07) is 18.8. The average Bonchev–Trinajstić information content (AvgIpc) is 3.37. The van der Waals surface area contributed by atoms with Gasteiger partial charge in [-0.25, -0.2) is 9.97 Å². The molecule has 0 radical (unpaired) electrons. The predicted molar refractivity (Wildman–Crippen MR) is 148 cm³/mol. The van der Waals surface area contributed by atoms with Gasteiger partial charge in [-0.1, -0.05) is 41.9 Å². The summed E-state index contributed by atoms with van der Waals surface area (Å²) in [5, 5.41) is 7.44. The molecule has 0 unspecified atom stereocenters. The molecule has 2 aromatic carbocycles. The van der Waals surface area contributed by atoms with Gasteiger partial charge >= 0.3 is 0 Å². The molecule has 3 heterocycles. The summed E-state index contributed by atoms with van der Waals surface area (Å²) in [5.74, 6) is 1.74. The van der Waals surface area contributed by atoms with E-state index in [1.807, 2.05) is 47.4 Å². The quantitative estimate of drug-likeness (QED) is 0.288. The summed E-state index contributed by atoms with van der Waals surface area (Å²) >= 11 is 5.96. The number of benzene rings is 2. The lowest BCUT2D eigenvalue weighted by atomic mass is 10.1. The van der Waals surface area contributed by atoms with E-state index in [9.17, 15) is 9.59 Å². The second kappa shape index (κ2) is 11.5. The van der Waals surface area contributed by atoms with E-state index in [-0.39, 0.29) is 17.9 Å². The Labute approximate surface area is 225 Å². The molecule has 0 saturated carbocycles. The number of aromatic amines is 1. The average molecular weight is 533 g/mol. The van der Waals surface area contributed by atoms with Crippen LogP contribution < -0.4 is 15.4 Å². The number of hydrogen-bond acceptors (Lipinski definition) is 6. The van der Waals surface area contributed by atoms with Gasteiger partial charge in [-0.15, -0.1) is 0 Å². The highest BCUT2D eigenvalue weighted by Crippen LogP contribution is 2.27. The number of ether oxygens (including phenoxy) is 1. The minimum atomic E-state index is -0.0959. The number of rotatable bonds is 8. The van der Waals surface area contributed by atoms with Crippen LogP contribution in [0.15, 0.2) is 60.7 Å². The minimum Gasteiger partial charge on any atom is -0.490 e. The maximum absolute atomic E-state index is 13.4. The Balaban J connectivity index is 1.32. The van der Waals surface area contributed by atoms with Crippen molar-refractivity contribution in [3.63, 3.8) is 0 Å². The third-order valence-corrected chi connectivity index (χ3v) is 6.64. The summed E-state index contributed by atoms with van der Waals surface area (Å²) in [5.41, 5.74) is 1.90. The van der Waals surface area contributed by atoms with Crippen molar-refractivity contribution >= 4 is 40.3 Å². The van der Waals surface area contributed by atoms with Gasteiger partial charge in [0.2, 0.25) is 5.91 Å². The van der Waals surface area contributed by atoms with Crippen molar-refractivity contribution in [1.82, 2.24) is 25.2 Å². The molecule has 5 rings (SSSR count). The number of anilines is 1. The van der Waals surface area contributed by atoms with Crippen LogP contribution in [0.3, 0.4) is 0 Å². The molecule has 3 N–H and O–H groups in total. The molecule has 1 fully saturated rings. The van der Waals surface area contributed by atoms with Crippen molar-refractivity contribution in [3.05, 3.63) is 71.4 Å². The Morgan fingerprint density at radius 3 is 2.50 bits per heavy atom. The lowest BCUT2D eigenvalue weighted by Crippen LogP contribution is -2.41. The first kappa shape index (κ1) is 25.5. The van der Waals surface area contributed by atoms with E-state index in [1.165, 1.54) is 6.92 Å². The van der Waals surface area contributed by atoms with E-state index in [0.717, 1.165) is 29.5 Å². The van der Waals surface area contributed by atoms with Gasteiger partial charge in [0.05, 0.1) is 5.39 Å². The number of fused-ring (bicyclic) bond motifs is 1. The lowest BCUT2D eigenvalue weighted by molar-refractivity contribution is -0.118. The first-order valence-electron chi connectivity index (χ1n) is 12.6. The van der Waals surface area contributed by atoms with Crippen LogP contribution in [-0.2, 0) is 4.79 Å². The summed E-state index contributed by atoms with van der Waals surface area (Å²) in [7, 11) is 0. The molecule has 9 nitrogen and oxygen atoms in total. The van der Waals surface area contributed by atoms with Crippen LogP contribution in [-0.4, -0.2) is 63.9 Å². The van der Waals surface area contributed by atoms with Gasteiger partial charge in [-0.2, -0.15) is 0 Å². The first-order chi connectivity index (χ1) is 18.5. The molecule has 1 aliphatic heterocycles. The van der Waals surface area contributed by atoms with Crippen LogP contribution in [0.25, 0.3) is 22.4 Å². The molecule has 0 atom stereocenters. The highest BCUT2D eigenvalue weighted by Gasteiger charge is 2.26. The van der Waals surface area contributed by atoms with Crippen LogP contribution in [0, 0.1) is 0 Å². The number of piperidine rings is 1. The number of halogens is 1. The SMILES string of the molecule is CC(=O)NCCNc1nc(-c2ccccc2)nc2[nH]c(C(=O)N3CCC(Oc4ccc(Cl)cc4)CC3)cc12. The van der Waals surface area contributed by atoms with E-state index >= 15 is 0 Å².